The number of benzene rings is 1. The Hall–Kier alpha value is -0.870. The summed E-state index contributed by atoms with van der Waals surface area (Å²) in [5.74, 6) is 3.81. The van der Waals surface area contributed by atoms with Gasteiger partial charge >= 0.3 is 0 Å². The van der Waals surface area contributed by atoms with Crippen LogP contribution in [-0.2, 0) is 14.3 Å². The van der Waals surface area contributed by atoms with Gasteiger partial charge in [-0.3, -0.25) is 4.18 Å². The smallest absolute Gasteiger partial charge is 0.266 e. The zero-order valence-corrected chi connectivity index (χ0v) is 11.8. The van der Waals surface area contributed by atoms with Crippen LogP contribution in [0.5, 0.6) is 0 Å². The molecule has 0 radical (unpaired) electrons. The lowest BCUT2D eigenvalue weighted by Crippen LogP contribution is -2.17. The zero-order valence-electron chi connectivity index (χ0n) is 11.0. The molecule has 4 fully saturated rings. The highest BCUT2D eigenvalue weighted by Gasteiger charge is 2.68. The fourth-order valence-electron chi connectivity index (χ4n) is 4.42. The molecule has 1 aromatic carbocycles. The normalized spacial score (nSPS) is 38.7. The third kappa shape index (κ3) is 1.77. The van der Waals surface area contributed by atoms with E-state index in [1.165, 1.54) is 12.8 Å². The van der Waals surface area contributed by atoms with Crippen molar-refractivity contribution in [2.75, 3.05) is 6.61 Å². The maximum atomic E-state index is 12.1. The van der Waals surface area contributed by atoms with E-state index in [0.29, 0.717) is 12.5 Å². The molecule has 3 unspecified atom stereocenters. The van der Waals surface area contributed by atoms with Crippen molar-refractivity contribution in [3.8, 4) is 0 Å². The summed E-state index contributed by atoms with van der Waals surface area (Å²) >= 11 is 0. The first-order chi connectivity index (χ1) is 9.06. The Kier molecular flexibility index (Phi) is 2.40. The number of hydrogen-bond acceptors (Lipinski definition) is 3. The van der Waals surface area contributed by atoms with E-state index in [1.807, 2.05) is 6.92 Å². The molecular formula is C15H18O3S. The third-order valence-electron chi connectivity index (χ3n) is 5.37. The van der Waals surface area contributed by atoms with Crippen LogP contribution >= 0.6 is 0 Å². The van der Waals surface area contributed by atoms with E-state index in [9.17, 15) is 8.42 Å². The van der Waals surface area contributed by atoms with Gasteiger partial charge in [-0.1, -0.05) is 17.7 Å². The topological polar surface area (TPSA) is 43.4 Å². The second-order valence-electron chi connectivity index (χ2n) is 6.35. The molecule has 0 N–H and O–H groups in total. The first-order valence-corrected chi connectivity index (χ1v) is 8.43. The van der Waals surface area contributed by atoms with E-state index in [-0.39, 0.29) is 4.90 Å². The molecule has 5 rings (SSSR count). The van der Waals surface area contributed by atoms with Gasteiger partial charge in [0.05, 0.1) is 11.5 Å². The fourth-order valence-corrected chi connectivity index (χ4v) is 5.36. The van der Waals surface area contributed by atoms with Gasteiger partial charge in [0.15, 0.2) is 0 Å². The van der Waals surface area contributed by atoms with Gasteiger partial charge in [-0.25, -0.2) is 0 Å². The Balaban J connectivity index is 1.46. The lowest BCUT2D eigenvalue weighted by Gasteiger charge is -2.14. The van der Waals surface area contributed by atoms with Crippen molar-refractivity contribution in [1.29, 1.82) is 0 Å². The summed E-state index contributed by atoms with van der Waals surface area (Å²) in [5.41, 5.74) is 1.05. The highest BCUT2D eigenvalue weighted by atomic mass is 32.2. The van der Waals surface area contributed by atoms with Crippen molar-refractivity contribution in [2.45, 2.75) is 24.7 Å². The molecule has 4 bridgehead atoms. The minimum absolute atomic E-state index is 0.274. The van der Waals surface area contributed by atoms with E-state index < -0.39 is 10.1 Å². The van der Waals surface area contributed by atoms with Crippen LogP contribution in [0.3, 0.4) is 0 Å². The van der Waals surface area contributed by atoms with Gasteiger partial charge in [-0.15, -0.1) is 0 Å². The van der Waals surface area contributed by atoms with Crippen LogP contribution in [0.25, 0.3) is 0 Å². The molecule has 4 saturated carbocycles. The molecule has 0 heterocycles. The van der Waals surface area contributed by atoms with E-state index >= 15 is 0 Å². The van der Waals surface area contributed by atoms with E-state index in [0.717, 1.165) is 29.2 Å². The minimum atomic E-state index is -3.57. The van der Waals surface area contributed by atoms with Crippen LogP contribution in [0.4, 0.5) is 0 Å². The maximum Gasteiger partial charge on any atom is 0.296 e. The summed E-state index contributed by atoms with van der Waals surface area (Å²) in [6.07, 6.45) is 2.63. The summed E-state index contributed by atoms with van der Waals surface area (Å²) < 4.78 is 29.5. The molecule has 0 aliphatic heterocycles. The molecule has 1 aromatic rings. The van der Waals surface area contributed by atoms with Crippen LogP contribution in [0.1, 0.15) is 18.4 Å². The summed E-state index contributed by atoms with van der Waals surface area (Å²) in [5, 5.41) is 0. The van der Waals surface area contributed by atoms with Crippen LogP contribution in [0.15, 0.2) is 29.2 Å². The minimum Gasteiger partial charge on any atom is -0.266 e. The monoisotopic (exact) mass is 278 g/mol. The van der Waals surface area contributed by atoms with Gasteiger partial charge in [-0.05, 0) is 61.5 Å². The summed E-state index contributed by atoms with van der Waals surface area (Å²) in [7, 11) is -3.57. The largest absolute Gasteiger partial charge is 0.296 e. The fraction of sp³-hybridized carbons (Fsp3) is 0.600. The molecule has 3 nitrogen and oxygen atoms in total. The first kappa shape index (κ1) is 11.9. The van der Waals surface area contributed by atoms with Gasteiger partial charge < -0.3 is 0 Å². The van der Waals surface area contributed by atoms with Crippen molar-refractivity contribution in [2.24, 2.45) is 29.6 Å². The second kappa shape index (κ2) is 3.83. The molecule has 0 spiro atoms. The highest BCUT2D eigenvalue weighted by Crippen LogP contribution is 2.73. The van der Waals surface area contributed by atoms with Crippen molar-refractivity contribution in [3.63, 3.8) is 0 Å². The molecule has 0 saturated heterocycles. The summed E-state index contributed by atoms with van der Waals surface area (Å²) in [6, 6.07) is 6.86. The Bertz CT molecular complexity index is 591. The average Bonchev–Trinajstić information content (AvgIpc) is 2.76. The molecule has 3 atom stereocenters. The van der Waals surface area contributed by atoms with E-state index in [4.69, 9.17) is 4.18 Å². The standard InChI is InChI=1S/C15H18O3S/c1-9-2-4-11(5-3-9)19(16,17)18-8-14-10-6-12-13(7-10)15(12)14/h2-5,10,12-15H,6-8H2,1H3. The SMILES string of the molecule is Cc1ccc(S(=O)(=O)OCC2C3CC4C(C3)C24)cc1. The lowest BCUT2D eigenvalue weighted by atomic mass is 10.00. The average molecular weight is 278 g/mol. The molecular weight excluding hydrogens is 260 g/mol. The van der Waals surface area contributed by atoms with Crippen molar-refractivity contribution in [1.82, 2.24) is 0 Å². The van der Waals surface area contributed by atoms with Gasteiger partial charge in [0.1, 0.15) is 0 Å². The molecule has 0 aromatic heterocycles. The maximum absolute atomic E-state index is 12.1. The predicted octanol–water partition coefficient (Wildman–Crippen LogP) is 2.60. The second-order valence-corrected chi connectivity index (χ2v) is 7.97. The first-order valence-electron chi connectivity index (χ1n) is 7.02. The predicted molar refractivity (Wildman–Crippen MR) is 71.0 cm³/mol. The van der Waals surface area contributed by atoms with Gasteiger partial charge in [-0.2, -0.15) is 8.42 Å². The van der Waals surface area contributed by atoms with Crippen LogP contribution in [-0.4, -0.2) is 15.0 Å². The molecule has 102 valence electrons. The molecule has 19 heavy (non-hydrogen) atoms. The molecule has 0 amide bonds. The van der Waals surface area contributed by atoms with Gasteiger partial charge in [0.25, 0.3) is 10.1 Å². The third-order valence-corrected chi connectivity index (χ3v) is 6.67. The number of hydrogen-bond donors (Lipinski definition) is 0. The Morgan fingerprint density at radius 2 is 1.79 bits per heavy atom. The van der Waals surface area contributed by atoms with Crippen LogP contribution < -0.4 is 0 Å². The quantitative estimate of drug-likeness (QED) is 0.795. The summed E-state index contributed by atoms with van der Waals surface area (Å²) in [4.78, 5) is 0.274. The van der Waals surface area contributed by atoms with Crippen molar-refractivity contribution < 1.29 is 12.6 Å². The number of aryl methyl sites for hydroxylation is 1. The highest BCUT2D eigenvalue weighted by molar-refractivity contribution is 7.86. The Labute approximate surface area is 114 Å². The summed E-state index contributed by atoms with van der Waals surface area (Å²) in [6.45, 7) is 2.33. The van der Waals surface area contributed by atoms with Crippen molar-refractivity contribution >= 4 is 10.1 Å². The van der Waals surface area contributed by atoms with E-state index in [1.54, 1.807) is 24.3 Å². The Morgan fingerprint density at radius 3 is 2.32 bits per heavy atom. The number of rotatable bonds is 4. The van der Waals surface area contributed by atoms with Gasteiger partial charge in [0, 0.05) is 0 Å². The van der Waals surface area contributed by atoms with Crippen molar-refractivity contribution in [3.05, 3.63) is 29.8 Å². The molecule has 4 aliphatic carbocycles. The van der Waals surface area contributed by atoms with Gasteiger partial charge in [0.2, 0.25) is 0 Å². The van der Waals surface area contributed by atoms with Crippen LogP contribution in [0, 0.1) is 36.5 Å². The lowest BCUT2D eigenvalue weighted by molar-refractivity contribution is 0.223. The van der Waals surface area contributed by atoms with Crippen LogP contribution in [0.2, 0.25) is 0 Å². The molecule has 4 heteroatoms. The molecule has 4 aliphatic rings. The zero-order chi connectivity index (χ0) is 13.2. The Morgan fingerprint density at radius 1 is 1.16 bits per heavy atom. The van der Waals surface area contributed by atoms with E-state index in [2.05, 4.69) is 0 Å².